The Balaban J connectivity index is 2.66. The minimum atomic E-state index is -1.03. The Bertz CT molecular complexity index is 364. The summed E-state index contributed by atoms with van der Waals surface area (Å²) in [5.41, 5.74) is 0.421. The molecule has 1 aromatic carbocycles. The highest BCUT2D eigenvalue weighted by Crippen LogP contribution is 1.99. The molecule has 0 aliphatic heterocycles. The summed E-state index contributed by atoms with van der Waals surface area (Å²) >= 11 is 0. The van der Waals surface area contributed by atoms with Crippen LogP contribution in [0.15, 0.2) is 30.3 Å². The maximum Gasteiger partial charge on any atom is 0.330 e. The molecule has 0 saturated heterocycles. The van der Waals surface area contributed by atoms with Gasteiger partial charge in [-0.05, 0) is 12.1 Å². The molecule has 0 heterocycles. The number of carbonyl (C=O) groups excluding carboxylic acids is 2. The number of rotatable bonds is 4. The summed E-state index contributed by atoms with van der Waals surface area (Å²) in [6, 6.07) is 7.39. The van der Waals surface area contributed by atoms with Crippen LogP contribution in [-0.2, 0) is 9.53 Å². The van der Waals surface area contributed by atoms with Gasteiger partial charge in [0.15, 0.2) is 6.04 Å². The minimum absolute atomic E-state index is 0.421. The number of carbonyl (C=O) groups is 2. The maximum atomic E-state index is 11.6. The molecule has 0 spiro atoms. The van der Waals surface area contributed by atoms with Crippen molar-refractivity contribution in [2.45, 2.75) is 6.04 Å². The highest BCUT2D eigenvalue weighted by molar-refractivity contribution is 5.96. The number of nitrogens with one attached hydrogen (secondary N) is 1. The van der Waals surface area contributed by atoms with Crippen molar-refractivity contribution in [1.29, 1.82) is 0 Å². The molecular formula is C11H13NO4. The topological polar surface area (TPSA) is 75.6 Å². The molecular weight excluding hydrogens is 210 g/mol. The molecule has 0 fully saturated rings. The van der Waals surface area contributed by atoms with Gasteiger partial charge < -0.3 is 15.2 Å². The van der Waals surface area contributed by atoms with E-state index in [9.17, 15) is 9.59 Å². The second kappa shape index (κ2) is 5.87. The van der Waals surface area contributed by atoms with Crippen molar-refractivity contribution in [2.75, 3.05) is 13.7 Å². The van der Waals surface area contributed by atoms with Gasteiger partial charge in [0.25, 0.3) is 5.91 Å². The fraction of sp³-hybridized carbons (Fsp3) is 0.273. The van der Waals surface area contributed by atoms with Gasteiger partial charge in [0, 0.05) is 5.56 Å². The molecule has 1 aromatic rings. The first-order valence-electron chi connectivity index (χ1n) is 4.73. The Morgan fingerprint density at radius 3 is 2.50 bits per heavy atom. The highest BCUT2D eigenvalue weighted by atomic mass is 16.5. The van der Waals surface area contributed by atoms with E-state index in [2.05, 4.69) is 10.1 Å². The minimum Gasteiger partial charge on any atom is -0.467 e. The van der Waals surface area contributed by atoms with Crippen molar-refractivity contribution in [3.8, 4) is 0 Å². The van der Waals surface area contributed by atoms with E-state index in [0.29, 0.717) is 5.56 Å². The number of amides is 1. The molecule has 0 aromatic heterocycles. The molecule has 0 unspecified atom stereocenters. The molecule has 1 rings (SSSR count). The normalized spacial score (nSPS) is 11.6. The fourth-order valence-electron chi connectivity index (χ4n) is 1.15. The molecule has 0 saturated carbocycles. The highest BCUT2D eigenvalue weighted by Gasteiger charge is 2.20. The Morgan fingerprint density at radius 2 is 2.00 bits per heavy atom. The van der Waals surface area contributed by atoms with Gasteiger partial charge in [-0.15, -0.1) is 0 Å². The number of hydrogen-bond acceptors (Lipinski definition) is 4. The Hall–Kier alpha value is -1.88. The zero-order valence-corrected chi connectivity index (χ0v) is 8.84. The van der Waals surface area contributed by atoms with Gasteiger partial charge in [-0.25, -0.2) is 4.79 Å². The van der Waals surface area contributed by atoms with Crippen molar-refractivity contribution in [3.05, 3.63) is 35.9 Å². The summed E-state index contributed by atoms with van der Waals surface area (Å²) in [6.45, 7) is -0.495. The van der Waals surface area contributed by atoms with Crippen LogP contribution < -0.4 is 5.32 Å². The van der Waals surface area contributed by atoms with Crippen LogP contribution in [0.25, 0.3) is 0 Å². The zero-order valence-electron chi connectivity index (χ0n) is 8.84. The first-order chi connectivity index (χ1) is 7.69. The quantitative estimate of drug-likeness (QED) is 0.702. The largest absolute Gasteiger partial charge is 0.467 e. The van der Waals surface area contributed by atoms with E-state index in [1.54, 1.807) is 30.3 Å². The van der Waals surface area contributed by atoms with Crippen molar-refractivity contribution in [1.82, 2.24) is 5.32 Å². The number of esters is 1. The van der Waals surface area contributed by atoms with Gasteiger partial charge in [-0.3, -0.25) is 4.79 Å². The van der Waals surface area contributed by atoms with E-state index < -0.39 is 24.5 Å². The number of aliphatic hydroxyl groups excluding tert-OH is 1. The molecule has 0 aliphatic rings. The smallest absolute Gasteiger partial charge is 0.330 e. The van der Waals surface area contributed by atoms with Gasteiger partial charge >= 0.3 is 5.97 Å². The van der Waals surface area contributed by atoms with Crippen LogP contribution in [0.3, 0.4) is 0 Å². The molecule has 16 heavy (non-hydrogen) atoms. The summed E-state index contributed by atoms with van der Waals surface area (Å²) in [4.78, 5) is 22.7. The third-order valence-electron chi connectivity index (χ3n) is 2.01. The van der Waals surface area contributed by atoms with Crippen LogP contribution in [-0.4, -0.2) is 36.7 Å². The molecule has 1 amide bonds. The Kier molecular flexibility index (Phi) is 4.47. The third-order valence-corrected chi connectivity index (χ3v) is 2.01. The van der Waals surface area contributed by atoms with Crippen molar-refractivity contribution in [2.24, 2.45) is 0 Å². The molecule has 0 radical (unpaired) electrons. The summed E-state index contributed by atoms with van der Waals surface area (Å²) < 4.78 is 4.43. The Labute approximate surface area is 93.0 Å². The summed E-state index contributed by atoms with van der Waals surface area (Å²) in [7, 11) is 1.19. The summed E-state index contributed by atoms with van der Waals surface area (Å²) in [5, 5.41) is 11.3. The lowest BCUT2D eigenvalue weighted by Crippen LogP contribution is -2.44. The van der Waals surface area contributed by atoms with Crippen LogP contribution in [0.5, 0.6) is 0 Å². The number of ether oxygens (including phenoxy) is 1. The van der Waals surface area contributed by atoms with Crippen molar-refractivity contribution in [3.63, 3.8) is 0 Å². The average Bonchev–Trinajstić information content (AvgIpc) is 2.35. The van der Waals surface area contributed by atoms with Crippen LogP contribution in [0.1, 0.15) is 10.4 Å². The standard InChI is InChI=1S/C11H13NO4/c1-16-11(15)9(7-13)12-10(14)8-5-3-2-4-6-8/h2-6,9,13H,7H2,1H3,(H,12,14)/t9-/m0/s1. The fourth-order valence-corrected chi connectivity index (χ4v) is 1.15. The van der Waals surface area contributed by atoms with E-state index in [1.165, 1.54) is 7.11 Å². The molecule has 0 bridgehead atoms. The van der Waals surface area contributed by atoms with Gasteiger partial charge in [0.05, 0.1) is 13.7 Å². The Morgan fingerprint density at radius 1 is 1.38 bits per heavy atom. The average molecular weight is 223 g/mol. The number of benzene rings is 1. The lowest BCUT2D eigenvalue weighted by Gasteiger charge is -2.13. The first-order valence-corrected chi connectivity index (χ1v) is 4.73. The van der Waals surface area contributed by atoms with E-state index in [1.807, 2.05) is 0 Å². The monoisotopic (exact) mass is 223 g/mol. The van der Waals surface area contributed by atoms with Gasteiger partial charge in [0.1, 0.15) is 0 Å². The molecule has 2 N–H and O–H groups in total. The molecule has 5 nitrogen and oxygen atoms in total. The zero-order chi connectivity index (χ0) is 12.0. The van der Waals surface area contributed by atoms with Crippen LogP contribution in [0.2, 0.25) is 0 Å². The number of methoxy groups -OCH3 is 1. The molecule has 5 heteroatoms. The second-order valence-electron chi connectivity index (χ2n) is 3.10. The molecule has 0 aliphatic carbocycles. The third kappa shape index (κ3) is 3.06. The van der Waals surface area contributed by atoms with Crippen molar-refractivity contribution >= 4 is 11.9 Å². The lowest BCUT2D eigenvalue weighted by molar-refractivity contribution is -0.143. The van der Waals surface area contributed by atoms with Gasteiger partial charge in [-0.1, -0.05) is 18.2 Å². The van der Waals surface area contributed by atoms with E-state index in [0.717, 1.165) is 0 Å². The van der Waals surface area contributed by atoms with E-state index in [4.69, 9.17) is 5.11 Å². The summed E-state index contributed by atoms with van der Waals surface area (Å²) in [6.07, 6.45) is 0. The number of hydrogen-bond donors (Lipinski definition) is 2. The van der Waals surface area contributed by atoms with E-state index >= 15 is 0 Å². The van der Waals surface area contributed by atoms with Gasteiger partial charge in [0.2, 0.25) is 0 Å². The molecule has 86 valence electrons. The van der Waals surface area contributed by atoms with Crippen molar-refractivity contribution < 1.29 is 19.4 Å². The first kappa shape index (κ1) is 12.2. The predicted molar refractivity (Wildman–Crippen MR) is 56.8 cm³/mol. The lowest BCUT2D eigenvalue weighted by atomic mass is 10.2. The van der Waals surface area contributed by atoms with Crippen LogP contribution in [0, 0.1) is 0 Å². The van der Waals surface area contributed by atoms with Crippen LogP contribution >= 0.6 is 0 Å². The molecule has 1 atom stereocenters. The maximum absolute atomic E-state index is 11.6. The second-order valence-corrected chi connectivity index (χ2v) is 3.10. The van der Waals surface area contributed by atoms with Crippen LogP contribution in [0.4, 0.5) is 0 Å². The summed E-state index contributed by atoms with van der Waals surface area (Å²) in [5.74, 6) is -1.10. The SMILES string of the molecule is COC(=O)[C@H](CO)NC(=O)c1ccccc1. The van der Waals surface area contributed by atoms with Gasteiger partial charge in [-0.2, -0.15) is 0 Å². The van der Waals surface area contributed by atoms with E-state index in [-0.39, 0.29) is 0 Å². The number of aliphatic hydroxyl groups is 1. The predicted octanol–water partition coefficient (Wildman–Crippen LogP) is -0.0497.